The fraction of sp³-hybridized carbons (Fsp3) is 0.833. The molecular weight excluding hydrogens is 218 g/mol. The lowest BCUT2D eigenvalue weighted by atomic mass is 9.87. The molecule has 0 aliphatic heterocycles. The smallest absolute Gasteiger partial charge is 0.202 e. The highest BCUT2D eigenvalue weighted by molar-refractivity contribution is 7.09. The Kier molecular flexibility index (Phi) is 2.84. The van der Waals surface area contributed by atoms with Crippen LogP contribution in [-0.2, 0) is 0 Å². The lowest BCUT2D eigenvalue weighted by Crippen LogP contribution is -2.26. The third-order valence-electron chi connectivity index (χ3n) is 3.65. The van der Waals surface area contributed by atoms with Crippen LogP contribution in [0.4, 0.5) is 5.13 Å². The molecule has 3 nitrogen and oxygen atoms in total. The Morgan fingerprint density at radius 3 is 2.88 bits per heavy atom. The van der Waals surface area contributed by atoms with Gasteiger partial charge in [0, 0.05) is 23.5 Å². The minimum atomic E-state index is 0.628. The second kappa shape index (κ2) is 4.32. The molecule has 88 valence electrons. The van der Waals surface area contributed by atoms with E-state index in [2.05, 4.69) is 21.6 Å². The first-order chi connectivity index (χ1) is 7.81. The third-order valence-corrected chi connectivity index (χ3v) is 4.31. The number of aromatic nitrogens is 2. The van der Waals surface area contributed by atoms with E-state index in [1.165, 1.54) is 38.5 Å². The standard InChI is InChI=1S/C12H19N3S/c1-8-3-2-4-10(7-8)13-12-14-11(15-16-12)9-5-6-9/h8-10H,2-7H2,1H3,(H,13,14,15). The van der Waals surface area contributed by atoms with Gasteiger partial charge in [-0.2, -0.15) is 4.37 Å². The van der Waals surface area contributed by atoms with Crippen molar-refractivity contribution < 1.29 is 0 Å². The van der Waals surface area contributed by atoms with Gasteiger partial charge in [0.25, 0.3) is 0 Å². The number of nitrogens with one attached hydrogen (secondary N) is 1. The van der Waals surface area contributed by atoms with Gasteiger partial charge in [-0.15, -0.1) is 0 Å². The Labute approximate surface area is 101 Å². The molecule has 2 aliphatic carbocycles. The average molecular weight is 237 g/mol. The monoisotopic (exact) mass is 237 g/mol. The lowest BCUT2D eigenvalue weighted by Gasteiger charge is -2.26. The second-order valence-corrected chi connectivity index (χ2v) is 6.10. The average Bonchev–Trinajstić information content (AvgIpc) is 3.01. The highest BCUT2D eigenvalue weighted by atomic mass is 32.1. The number of nitrogens with zero attached hydrogens (tertiary/aromatic N) is 2. The van der Waals surface area contributed by atoms with Crippen molar-refractivity contribution in [1.82, 2.24) is 9.36 Å². The topological polar surface area (TPSA) is 37.8 Å². The van der Waals surface area contributed by atoms with Gasteiger partial charge in [-0.05, 0) is 31.6 Å². The van der Waals surface area contributed by atoms with Crippen molar-refractivity contribution in [2.45, 2.75) is 57.4 Å². The van der Waals surface area contributed by atoms with Crippen molar-refractivity contribution in [2.24, 2.45) is 5.92 Å². The van der Waals surface area contributed by atoms with Gasteiger partial charge in [0.1, 0.15) is 5.82 Å². The van der Waals surface area contributed by atoms with Crippen molar-refractivity contribution >= 4 is 16.7 Å². The Balaban J connectivity index is 1.59. The number of anilines is 1. The van der Waals surface area contributed by atoms with Gasteiger partial charge in [0.15, 0.2) is 0 Å². The fourth-order valence-corrected chi connectivity index (χ4v) is 3.26. The molecule has 4 heteroatoms. The maximum absolute atomic E-state index is 4.59. The zero-order valence-electron chi connectivity index (χ0n) is 9.78. The maximum atomic E-state index is 4.59. The van der Waals surface area contributed by atoms with Crippen LogP contribution < -0.4 is 5.32 Å². The predicted molar refractivity (Wildman–Crippen MR) is 66.9 cm³/mol. The van der Waals surface area contributed by atoms with E-state index >= 15 is 0 Å². The van der Waals surface area contributed by atoms with Crippen LogP contribution in [0, 0.1) is 5.92 Å². The van der Waals surface area contributed by atoms with Crippen LogP contribution in [0.5, 0.6) is 0 Å². The molecule has 1 N–H and O–H groups in total. The van der Waals surface area contributed by atoms with Crippen LogP contribution in [0.2, 0.25) is 0 Å². The summed E-state index contributed by atoms with van der Waals surface area (Å²) < 4.78 is 4.43. The first-order valence-electron chi connectivity index (χ1n) is 6.41. The normalized spacial score (nSPS) is 30.3. The van der Waals surface area contributed by atoms with E-state index in [-0.39, 0.29) is 0 Å². The molecule has 0 saturated heterocycles. The van der Waals surface area contributed by atoms with Crippen LogP contribution in [-0.4, -0.2) is 15.4 Å². The van der Waals surface area contributed by atoms with Gasteiger partial charge in [-0.25, -0.2) is 4.98 Å². The van der Waals surface area contributed by atoms with E-state index in [9.17, 15) is 0 Å². The van der Waals surface area contributed by atoms with E-state index < -0.39 is 0 Å². The molecule has 16 heavy (non-hydrogen) atoms. The molecule has 1 heterocycles. The highest BCUT2D eigenvalue weighted by Gasteiger charge is 2.28. The molecule has 0 bridgehead atoms. The van der Waals surface area contributed by atoms with Crippen molar-refractivity contribution in [3.8, 4) is 0 Å². The van der Waals surface area contributed by atoms with E-state index in [4.69, 9.17) is 0 Å². The van der Waals surface area contributed by atoms with Crippen LogP contribution in [0.1, 0.15) is 57.2 Å². The summed E-state index contributed by atoms with van der Waals surface area (Å²) in [7, 11) is 0. The predicted octanol–water partition coefficient (Wildman–Crippen LogP) is 3.41. The lowest BCUT2D eigenvalue weighted by molar-refractivity contribution is 0.358. The van der Waals surface area contributed by atoms with Crippen molar-refractivity contribution in [3.05, 3.63) is 5.82 Å². The molecule has 2 aliphatic rings. The second-order valence-electron chi connectivity index (χ2n) is 5.35. The first-order valence-corrected chi connectivity index (χ1v) is 7.19. The fourth-order valence-electron chi connectivity index (χ4n) is 2.54. The summed E-state index contributed by atoms with van der Waals surface area (Å²) in [6, 6.07) is 0.628. The van der Waals surface area contributed by atoms with Crippen LogP contribution in [0.15, 0.2) is 0 Å². The Morgan fingerprint density at radius 1 is 1.25 bits per heavy atom. The van der Waals surface area contributed by atoms with E-state index in [0.29, 0.717) is 12.0 Å². The number of hydrogen-bond donors (Lipinski definition) is 1. The summed E-state index contributed by atoms with van der Waals surface area (Å²) in [4.78, 5) is 4.59. The summed E-state index contributed by atoms with van der Waals surface area (Å²) in [5.41, 5.74) is 0. The largest absolute Gasteiger partial charge is 0.358 e. The van der Waals surface area contributed by atoms with E-state index in [0.717, 1.165) is 16.9 Å². The maximum Gasteiger partial charge on any atom is 0.202 e. The molecule has 1 aromatic rings. The van der Waals surface area contributed by atoms with Crippen LogP contribution in [0.25, 0.3) is 0 Å². The van der Waals surface area contributed by atoms with E-state index in [1.54, 1.807) is 11.5 Å². The van der Waals surface area contributed by atoms with E-state index in [1.807, 2.05) is 0 Å². The molecule has 0 aromatic carbocycles. The quantitative estimate of drug-likeness (QED) is 0.875. The van der Waals surface area contributed by atoms with Gasteiger partial charge < -0.3 is 5.32 Å². The molecule has 0 radical (unpaired) electrons. The molecule has 0 amide bonds. The van der Waals surface area contributed by atoms with Crippen molar-refractivity contribution in [2.75, 3.05) is 5.32 Å². The first kappa shape index (κ1) is 10.5. The van der Waals surface area contributed by atoms with Gasteiger partial charge >= 0.3 is 0 Å². The summed E-state index contributed by atoms with van der Waals surface area (Å²) in [6.07, 6.45) is 7.91. The Bertz CT molecular complexity index is 359. The molecule has 2 saturated carbocycles. The van der Waals surface area contributed by atoms with Crippen LogP contribution in [0.3, 0.4) is 0 Å². The zero-order valence-corrected chi connectivity index (χ0v) is 10.6. The molecule has 3 rings (SSSR count). The van der Waals surface area contributed by atoms with Gasteiger partial charge in [-0.1, -0.05) is 19.8 Å². The van der Waals surface area contributed by atoms with Gasteiger partial charge in [0.2, 0.25) is 5.13 Å². The van der Waals surface area contributed by atoms with Gasteiger partial charge in [0.05, 0.1) is 0 Å². The third kappa shape index (κ3) is 2.37. The zero-order chi connectivity index (χ0) is 11.0. The molecular formula is C12H19N3S. The summed E-state index contributed by atoms with van der Waals surface area (Å²) in [5.74, 6) is 2.62. The molecule has 2 atom stereocenters. The van der Waals surface area contributed by atoms with Gasteiger partial charge in [-0.3, -0.25) is 0 Å². The highest BCUT2D eigenvalue weighted by Crippen LogP contribution is 2.39. The van der Waals surface area contributed by atoms with Crippen LogP contribution >= 0.6 is 11.5 Å². The summed E-state index contributed by atoms with van der Waals surface area (Å²) in [6.45, 7) is 2.35. The molecule has 2 unspecified atom stereocenters. The number of rotatable bonds is 3. The molecule has 0 spiro atoms. The minimum absolute atomic E-state index is 0.628. The Hall–Kier alpha value is -0.640. The van der Waals surface area contributed by atoms with Crippen molar-refractivity contribution in [3.63, 3.8) is 0 Å². The molecule has 1 aromatic heterocycles. The van der Waals surface area contributed by atoms with Crippen molar-refractivity contribution in [1.29, 1.82) is 0 Å². The summed E-state index contributed by atoms with van der Waals surface area (Å²) in [5, 5.41) is 4.60. The Morgan fingerprint density at radius 2 is 2.12 bits per heavy atom. The number of hydrogen-bond acceptors (Lipinski definition) is 4. The summed E-state index contributed by atoms with van der Waals surface area (Å²) >= 11 is 1.54. The minimum Gasteiger partial charge on any atom is -0.358 e. The molecule has 2 fully saturated rings. The SMILES string of the molecule is CC1CCCC(Nc2nc(C3CC3)ns2)C1.